The monoisotopic (exact) mass is 350 g/mol. The van der Waals surface area contributed by atoms with Crippen molar-refractivity contribution in [2.24, 2.45) is 5.92 Å². The number of hydrogen-bond donors (Lipinski definition) is 2. The van der Waals surface area contributed by atoms with E-state index in [-0.39, 0.29) is 21.3 Å². The van der Waals surface area contributed by atoms with Gasteiger partial charge in [0.2, 0.25) is 0 Å². The lowest BCUT2D eigenvalue weighted by atomic mass is 9.92. The second kappa shape index (κ2) is 7.54. The van der Waals surface area contributed by atoms with Crippen molar-refractivity contribution in [2.45, 2.75) is 55.7 Å². The highest BCUT2D eigenvalue weighted by molar-refractivity contribution is 7.86. The highest BCUT2D eigenvalue weighted by Crippen LogP contribution is 2.26. The van der Waals surface area contributed by atoms with Gasteiger partial charge in [-0.1, -0.05) is 39.5 Å². The summed E-state index contributed by atoms with van der Waals surface area (Å²) >= 11 is 0. The molecule has 0 amide bonds. The van der Waals surface area contributed by atoms with Crippen LogP contribution in [0.1, 0.15) is 45.1 Å². The number of benzene rings is 1. The van der Waals surface area contributed by atoms with Crippen molar-refractivity contribution >= 4 is 20.2 Å². The van der Waals surface area contributed by atoms with E-state index in [0.29, 0.717) is 6.42 Å². The molecule has 0 radical (unpaired) electrons. The van der Waals surface area contributed by atoms with Crippen LogP contribution in [0.15, 0.2) is 28.0 Å². The largest absolute Gasteiger partial charge is 0.294 e. The SMILES string of the molecule is CCCCC(CC)Cc1cc(S(=O)(=O)O)ccc1S(=O)(=O)O. The molecule has 22 heavy (non-hydrogen) atoms. The lowest BCUT2D eigenvalue weighted by molar-refractivity contribution is 0.441. The van der Waals surface area contributed by atoms with Gasteiger partial charge < -0.3 is 0 Å². The standard InChI is InChI=1S/C14H22O6S2/c1-3-5-6-11(4-2)9-12-10-13(21(15,16)17)7-8-14(12)22(18,19)20/h7-8,10-11H,3-6,9H2,1-2H3,(H,15,16,17)(H,18,19,20). The summed E-state index contributed by atoms with van der Waals surface area (Å²) in [6, 6.07) is 3.10. The van der Waals surface area contributed by atoms with Crippen molar-refractivity contribution in [1.82, 2.24) is 0 Å². The molecule has 1 rings (SSSR count). The van der Waals surface area contributed by atoms with E-state index in [4.69, 9.17) is 4.55 Å². The summed E-state index contributed by atoms with van der Waals surface area (Å²) < 4.78 is 63.7. The van der Waals surface area contributed by atoms with Crippen molar-refractivity contribution in [1.29, 1.82) is 0 Å². The lowest BCUT2D eigenvalue weighted by Gasteiger charge is -2.16. The Balaban J connectivity index is 3.28. The van der Waals surface area contributed by atoms with Gasteiger partial charge in [-0.15, -0.1) is 0 Å². The molecule has 1 atom stereocenters. The maximum atomic E-state index is 11.4. The molecule has 0 spiro atoms. The third-order valence-corrected chi connectivity index (χ3v) is 5.46. The van der Waals surface area contributed by atoms with Gasteiger partial charge >= 0.3 is 0 Å². The van der Waals surface area contributed by atoms with Crippen LogP contribution < -0.4 is 0 Å². The van der Waals surface area contributed by atoms with Crippen molar-refractivity contribution < 1.29 is 25.9 Å². The van der Waals surface area contributed by atoms with E-state index in [1.54, 1.807) is 0 Å². The Morgan fingerprint density at radius 3 is 2.14 bits per heavy atom. The Morgan fingerprint density at radius 1 is 1.05 bits per heavy atom. The van der Waals surface area contributed by atoms with Crippen molar-refractivity contribution in [3.63, 3.8) is 0 Å². The molecule has 1 aromatic carbocycles. The quantitative estimate of drug-likeness (QED) is 0.698. The Bertz CT molecular complexity index is 707. The third kappa shape index (κ3) is 5.35. The molecule has 0 bridgehead atoms. The maximum Gasteiger partial charge on any atom is 0.294 e. The highest BCUT2D eigenvalue weighted by atomic mass is 32.2. The fourth-order valence-electron chi connectivity index (χ4n) is 2.38. The first-order chi connectivity index (χ1) is 10.1. The van der Waals surface area contributed by atoms with Gasteiger partial charge in [0, 0.05) is 0 Å². The third-order valence-electron chi connectivity index (χ3n) is 3.66. The fourth-order valence-corrected chi connectivity index (χ4v) is 3.63. The van der Waals surface area contributed by atoms with Gasteiger partial charge in [0.15, 0.2) is 0 Å². The van der Waals surface area contributed by atoms with E-state index in [0.717, 1.165) is 43.9 Å². The molecule has 1 unspecified atom stereocenters. The average molecular weight is 350 g/mol. The van der Waals surface area contributed by atoms with Crippen LogP contribution in [0, 0.1) is 5.92 Å². The molecule has 0 aromatic heterocycles. The fraction of sp³-hybridized carbons (Fsp3) is 0.571. The van der Waals surface area contributed by atoms with Gasteiger partial charge in [0.1, 0.15) is 0 Å². The first-order valence-electron chi connectivity index (χ1n) is 7.17. The zero-order valence-electron chi connectivity index (χ0n) is 12.7. The van der Waals surface area contributed by atoms with E-state index < -0.39 is 20.2 Å². The molecular weight excluding hydrogens is 328 g/mol. The van der Waals surface area contributed by atoms with Crippen molar-refractivity contribution in [3.05, 3.63) is 23.8 Å². The van der Waals surface area contributed by atoms with Gasteiger partial charge in [-0.2, -0.15) is 16.8 Å². The highest BCUT2D eigenvalue weighted by Gasteiger charge is 2.21. The topological polar surface area (TPSA) is 109 Å². The zero-order valence-corrected chi connectivity index (χ0v) is 14.3. The smallest absolute Gasteiger partial charge is 0.282 e. The molecule has 0 aliphatic carbocycles. The number of rotatable bonds is 8. The molecular formula is C14H22O6S2. The molecule has 0 saturated carbocycles. The Labute approximate surface area is 132 Å². The minimum absolute atomic E-state index is 0.178. The molecule has 126 valence electrons. The van der Waals surface area contributed by atoms with Crippen molar-refractivity contribution in [2.75, 3.05) is 0 Å². The van der Waals surface area contributed by atoms with E-state index in [2.05, 4.69) is 6.92 Å². The van der Waals surface area contributed by atoms with E-state index in [9.17, 15) is 21.4 Å². The molecule has 0 aliphatic rings. The normalized spacial score (nSPS) is 14.0. The van der Waals surface area contributed by atoms with Gasteiger partial charge in [-0.05, 0) is 36.1 Å². The predicted octanol–water partition coefficient (Wildman–Crippen LogP) is 2.94. The summed E-state index contributed by atoms with van der Waals surface area (Å²) in [6.45, 7) is 4.02. The van der Waals surface area contributed by atoms with Crippen LogP contribution in [-0.2, 0) is 26.7 Å². The van der Waals surface area contributed by atoms with Gasteiger partial charge in [0.25, 0.3) is 20.2 Å². The zero-order chi connectivity index (χ0) is 17.0. The first kappa shape index (κ1) is 19.1. The molecule has 0 heterocycles. The van der Waals surface area contributed by atoms with Crippen LogP contribution in [0.4, 0.5) is 0 Å². The maximum absolute atomic E-state index is 11.4. The van der Waals surface area contributed by atoms with Crippen LogP contribution in [0.5, 0.6) is 0 Å². The molecule has 0 fully saturated rings. The summed E-state index contributed by atoms with van der Waals surface area (Å²) in [4.78, 5) is -0.685. The summed E-state index contributed by atoms with van der Waals surface area (Å²) in [5, 5.41) is 0. The minimum atomic E-state index is -4.45. The van der Waals surface area contributed by atoms with E-state index in [1.165, 1.54) is 0 Å². The molecule has 6 nitrogen and oxygen atoms in total. The van der Waals surface area contributed by atoms with Gasteiger partial charge in [-0.25, -0.2) is 0 Å². The first-order valence-corrected chi connectivity index (χ1v) is 10.1. The summed E-state index contributed by atoms with van der Waals surface area (Å²) in [5.74, 6) is 0.178. The summed E-state index contributed by atoms with van der Waals surface area (Å²) in [6.07, 6.45) is 4.01. The van der Waals surface area contributed by atoms with Crippen LogP contribution in [0.2, 0.25) is 0 Å². The van der Waals surface area contributed by atoms with E-state index >= 15 is 0 Å². The predicted molar refractivity (Wildman–Crippen MR) is 83.1 cm³/mol. The molecule has 0 saturated heterocycles. The van der Waals surface area contributed by atoms with E-state index in [1.807, 2.05) is 6.92 Å². The van der Waals surface area contributed by atoms with Crippen LogP contribution >= 0.6 is 0 Å². The lowest BCUT2D eigenvalue weighted by Crippen LogP contribution is -2.11. The minimum Gasteiger partial charge on any atom is -0.282 e. The average Bonchev–Trinajstić information content (AvgIpc) is 2.41. The second-order valence-corrected chi connectivity index (χ2v) is 8.15. The summed E-state index contributed by atoms with van der Waals surface area (Å²) in [7, 11) is -8.87. The van der Waals surface area contributed by atoms with Crippen molar-refractivity contribution in [3.8, 4) is 0 Å². The Kier molecular flexibility index (Phi) is 6.54. The molecule has 8 heteroatoms. The van der Waals surface area contributed by atoms with Crippen LogP contribution in [0.25, 0.3) is 0 Å². The summed E-state index contributed by atoms with van der Waals surface area (Å²) in [5.41, 5.74) is 0.209. The number of unbranched alkanes of at least 4 members (excludes halogenated alkanes) is 1. The molecule has 0 aliphatic heterocycles. The van der Waals surface area contributed by atoms with Crippen LogP contribution in [-0.4, -0.2) is 25.9 Å². The Hall–Kier alpha value is -0.960. The number of hydrogen-bond acceptors (Lipinski definition) is 4. The van der Waals surface area contributed by atoms with Gasteiger partial charge in [-0.3, -0.25) is 9.11 Å². The molecule has 2 N–H and O–H groups in total. The second-order valence-electron chi connectivity index (χ2n) is 5.34. The van der Waals surface area contributed by atoms with Gasteiger partial charge in [0.05, 0.1) is 9.79 Å². The molecule has 1 aromatic rings. The Morgan fingerprint density at radius 2 is 1.68 bits per heavy atom. The van der Waals surface area contributed by atoms with Crippen LogP contribution in [0.3, 0.4) is 0 Å².